The van der Waals surface area contributed by atoms with Gasteiger partial charge in [0.1, 0.15) is 5.69 Å². The van der Waals surface area contributed by atoms with Crippen molar-refractivity contribution >= 4 is 22.9 Å². The lowest BCUT2D eigenvalue weighted by molar-refractivity contribution is -0.120. The van der Waals surface area contributed by atoms with Crippen LogP contribution in [0, 0.1) is 0 Å². The summed E-state index contributed by atoms with van der Waals surface area (Å²) in [4.78, 5) is 24.3. The van der Waals surface area contributed by atoms with Crippen LogP contribution in [0.2, 0.25) is 0 Å². The number of rotatable bonds is 7. The molecule has 142 valence electrons. The first-order valence-corrected chi connectivity index (χ1v) is 8.32. The molecule has 2 amide bonds. The third-order valence-electron chi connectivity index (χ3n) is 4.24. The van der Waals surface area contributed by atoms with E-state index in [2.05, 4.69) is 10.6 Å². The lowest BCUT2D eigenvalue weighted by Crippen LogP contribution is -2.37. The van der Waals surface area contributed by atoms with Gasteiger partial charge < -0.3 is 29.1 Å². The molecule has 2 aromatic heterocycles. The third-order valence-corrected chi connectivity index (χ3v) is 4.24. The van der Waals surface area contributed by atoms with E-state index in [0.29, 0.717) is 29.3 Å². The molecule has 8 heteroatoms. The SMILES string of the molecule is COc1ccc(CNC(=O)CNC(=O)c2cc3occc3n2C)cc1OC. The van der Waals surface area contributed by atoms with Crippen LogP contribution < -0.4 is 20.1 Å². The molecule has 8 nitrogen and oxygen atoms in total. The van der Waals surface area contributed by atoms with Gasteiger partial charge in [-0.15, -0.1) is 0 Å². The van der Waals surface area contributed by atoms with E-state index < -0.39 is 0 Å². The lowest BCUT2D eigenvalue weighted by Gasteiger charge is -2.11. The van der Waals surface area contributed by atoms with Crippen molar-refractivity contribution in [3.63, 3.8) is 0 Å². The zero-order valence-corrected chi connectivity index (χ0v) is 15.4. The molecule has 0 saturated heterocycles. The Bertz CT molecular complexity index is 973. The Hall–Kier alpha value is -3.42. The lowest BCUT2D eigenvalue weighted by atomic mass is 10.2. The quantitative estimate of drug-likeness (QED) is 0.661. The number of fused-ring (bicyclic) bond motifs is 1. The average molecular weight is 371 g/mol. The number of nitrogens with zero attached hydrogens (tertiary/aromatic N) is 1. The molecular weight excluding hydrogens is 350 g/mol. The summed E-state index contributed by atoms with van der Waals surface area (Å²) in [6, 6.07) is 8.82. The number of nitrogens with one attached hydrogen (secondary N) is 2. The van der Waals surface area contributed by atoms with Crippen molar-refractivity contribution in [2.24, 2.45) is 7.05 Å². The summed E-state index contributed by atoms with van der Waals surface area (Å²) in [7, 11) is 4.88. The minimum Gasteiger partial charge on any atom is -0.493 e. The number of amides is 2. The van der Waals surface area contributed by atoms with E-state index in [1.54, 1.807) is 56.4 Å². The number of hydrogen-bond donors (Lipinski definition) is 2. The molecule has 1 aromatic carbocycles. The van der Waals surface area contributed by atoms with Gasteiger partial charge in [-0.2, -0.15) is 0 Å². The van der Waals surface area contributed by atoms with Gasteiger partial charge in [-0.05, 0) is 17.7 Å². The first kappa shape index (κ1) is 18.4. The smallest absolute Gasteiger partial charge is 0.268 e. The molecule has 0 aliphatic carbocycles. The Balaban J connectivity index is 1.53. The van der Waals surface area contributed by atoms with Crippen molar-refractivity contribution in [2.75, 3.05) is 20.8 Å². The minimum absolute atomic E-state index is 0.126. The molecule has 0 aliphatic rings. The highest BCUT2D eigenvalue weighted by Crippen LogP contribution is 2.27. The average Bonchev–Trinajstić information content (AvgIpc) is 3.27. The zero-order chi connectivity index (χ0) is 19.4. The van der Waals surface area contributed by atoms with Crippen LogP contribution >= 0.6 is 0 Å². The number of carbonyl (C=O) groups is 2. The first-order chi connectivity index (χ1) is 13.0. The molecule has 0 fully saturated rings. The Morgan fingerprint density at radius 2 is 1.85 bits per heavy atom. The Kier molecular flexibility index (Phi) is 5.35. The summed E-state index contributed by atoms with van der Waals surface area (Å²) in [5, 5.41) is 5.36. The Morgan fingerprint density at radius 3 is 2.56 bits per heavy atom. The third kappa shape index (κ3) is 3.89. The molecule has 0 spiro atoms. The number of aromatic nitrogens is 1. The number of aryl methyl sites for hydroxylation is 1. The highest BCUT2D eigenvalue weighted by Gasteiger charge is 2.15. The van der Waals surface area contributed by atoms with Crippen molar-refractivity contribution in [1.29, 1.82) is 0 Å². The first-order valence-electron chi connectivity index (χ1n) is 8.32. The van der Waals surface area contributed by atoms with Crippen LogP contribution in [0.3, 0.4) is 0 Å². The standard InChI is InChI=1S/C19H21N3O5/c1-22-13-6-7-27-16(13)9-14(22)19(24)21-11-18(23)20-10-12-4-5-15(25-2)17(8-12)26-3/h4-9H,10-11H2,1-3H3,(H,20,23)(H,21,24). The van der Waals surface area contributed by atoms with E-state index in [0.717, 1.165) is 11.1 Å². The maximum Gasteiger partial charge on any atom is 0.268 e. The maximum atomic E-state index is 12.3. The summed E-state index contributed by atoms with van der Waals surface area (Å²) >= 11 is 0. The summed E-state index contributed by atoms with van der Waals surface area (Å²) in [6.45, 7) is 0.185. The van der Waals surface area contributed by atoms with Crippen LogP contribution in [0.5, 0.6) is 11.5 Å². The number of hydrogen-bond acceptors (Lipinski definition) is 5. The van der Waals surface area contributed by atoms with Crippen molar-refractivity contribution in [3.05, 3.63) is 47.9 Å². The van der Waals surface area contributed by atoms with Gasteiger partial charge in [0.15, 0.2) is 17.1 Å². The molecule has 0 aliphatic heterocycles. The van der Waals surface area contributed by atoms with Gasteiger partial charge in [-0.3, -0.25) is 9.59 Å². The minimum atomic E-state index is -0.342. The number of carbonyl (C=O) groups excluding carboxylic acids is 2. The highest BCUT2D eigenvalue weighted by atomic mass is 16.5. The van der Waals surface area contributed by atoms with Gasteiger partial charge in [-0.25, -0.2) is 0 Å². The normalized spacial score (nSPS) is 10.6. The van der Waals surface area contributed by atoms with E-state index in [-0.39, 0.29) is 18.4 Å². The molecule has 2 heterocycles. The number of benzene rings is 1. The fourth-order valence-electron chi connectivity index (χ4n) is 2.77. The Labute approximate surface area is 156 Å². The molecule has 0 saturated carbocycles. The van der Waals surface area contributed by atoms with E-state index in [4.69, 9.17) is 13.9 Å². The Morgan fingerprint density at radius 1 is 1.07 bits per heavy atom. The van der Waals surface area contributed by atoms with Gasteiger partial charge in [0.2, 0.25) is 5.91 Å². The summed E-state index contributed by atoms with van der Waals surface area (Å²) in [6.07, 6.45) is 1.56. The van der Waals surface area contributed by atoms with E-state index in [9.17, 15) is 9.59 Å². The predicted octanol–water partition coefficient (Wildman–Crippen LogP) is 1.83. The fraction of sp³-hybridized carbons (Fsp3) is 0.263. The van der Waals surface area contributed by atoms with Crippen LogP contribution in [-0.2, 0) is 18.4 Å². The highest BCUT2D eigenvalue weighted by molar-refractivity contribution is 5.99. The second-order valence-electron chi connectivity index (χ2n) is 5.91. The molecule has 0 unspecified atom stereocenters. The van der Waals surface area contributed by atoms with Gasteiger partial charge in [0, 0.05) is 25.7 Å². The molecular formula is C19H21N3O5. The van der Waals surface area contributed by atoms with E-state index >= 15 is 0 Å². The van der Waals surface area contributed by atoms with Gasteiger partial charge in [-0.1, -0.05) is 6.07 Å². The molecule has 3 aromatic rings. The van der Waals surface area contributed by atoms with Crippen molar-refractivity contribution in [2.45, 2.75) is 6.54 Å². The van der Waals surface area contributed by atoms with Crippen LogP contribution in [0.1, 0.15) is 16.1 Å². The van der Waals surface area contributed by atoms with Crippen LogP contribution in [0.15, 0.2) is 41.0 Å². The number of ether oxygens (including phenoxy) is 2. The number of furan rings is 1. The molecule has 0 radical (unpaired) electrons. The zero-order valence-electron chi connectivity index (χ0n) is 15.4. The topological polar surface area (TPSA) is 94.7 Å². The van der Waals surface area contributed by atoms with Crippen LogP contribution in [0.25, 0.3) is 11.1 Å². The van der Waals surface area contributed by atoms with Crippen LogP contribution in [0.4, 0.5) is 0 Å². The van der Waals surface area contributed by atoms with Gasteiger partial charge in [0.25, 0.3) is 5.91 Å². The molecule has 3 rings (SSSR count). The monoisotopic (exact) mass is 371 g/mol. The molecule has 0 bridgehead atoms. The molecule has 2 N–H and O–H groups in total. The second-order valence-corrected chi connectivity index (χ2v) is 5.91. The largest absolute Gasteiger partial charge is 0.493 e. The van der Waals surface area contributed by atoms with Gasteiger partial charge >= 0.3 is 0 Å². The summed E-state index contributed by atoms with van der Waals surface area (Å²) in [5.74, 6) is 0.569. The van der Waals surface area contributed by atoms with Crippen molar-refractivity contribution in [1.82, 2.24) is 15.2 Å². The second kappa shape index (κ2) is 7.86. The predicted molar refractivity (Wildman–Crippen MR) is 98.9 cm³/mol. The fourth-order valence-corrected chi connectivity index (χ4v) is 2.77. The van der Waals surface area contributed by atoms with Gasteiger partial charge in [0.05, 0.1) is 32.5 Å². The van der Waals surface area contributed by atoms with Crippen molar-refractivity contribution in [3.8, 4) is 11.5 Å². The number of methoxy groups -OCH3 is 2. The summed E-state index contributed by atoms with van der Waals surface area (Å²) in [5.41, 5.74) is 2.73. The van der Waals surface area contributed by atoms with E-state index in [1.807, 2.05) is 6.07 Å². The molecule has 27 heavy (non-hydrogen) atoms. The molecule has 0 atom stereocenters. The van der Waals surface area contributed by atoms with Crippen LogP contribution in [-0.4, -0.2) is 37.1 Å². The maximum absolute atomic E-state index is 12.3. The summed E-state index contributed by atoms with van der Waals surface area (Å²) < 4.78 is 17.4. The van der Waals surface area contributed by atoms with Crippen molar-refractivity contribution < 1.29 is 23.5 Å². The van der Waals surface area contributed by atoms with E-state index in [1.165, 1.54) is 0 Å².